The lowest BCUT2D eigenvalue weighted by Gasteiger charge is -2.22. The van der Waals surface area contributed by atoms with Crippen LogP contribution in [0, 0.1) is 24.1 Å². The van der Waals surface area contributed by atoms with Crippen molar-refractivity contribution in [2.24, 2.45) is 0 Å². The highest BCUT2D eigenvalue weighted by molar-refractivity contribution is 5.62. The van der Waals surface area contributed by atoms with Crippen LogP contribution in [0.15, 0.2) is 55.0 Å². The number of aromatic nitrogens is 5. The van der Waals surface area contributed by atoms with Crippen LogP contribution in [0.1, 0.15) is 41.4 Å². The smallest absolute Gasteiger partial charge is 0.246 e. The number of fused-ring (bicyclic) bond motifs is 1. The number of halogens is 1. The molecular weight excluding hydrogens is 393 g/mol. The quantitative estimate of drug-likeness (QED) is 0.534. The van der Waals surface area contributed by atoms with Gasteiger partial charge in [0.2, 0.25) is 5.95 Å². The van der Waals surface area contributed by atoms with Gasteiger partial charge in [-0.05, 0) is 55.7 Å². The van der Waals surface area contributed by atoms with Gasteiger partial charge in [0, 0.05) is 24.3 Å². The Morgan fingerprint density at radius 3 is 2.77 bits per heavy atom. The second-order valence-corrected chi connectivity index (χ2v) is 7.65. The third kappa shape index (κ3) is 3.66. The highest BCUT2D eigenvalue weighted by Gasteiger charge is 2.26. The minimum Gasteiger partial charge on any atom is -0.323 e. The largest absolute Gasteiger partial charge is 0.323 e. The van der Waals surface area contributed by atoms with E-state index in [9.17, 15) is 9.65 Å². The van der Waals surface area contributed by atoms with Crippen LogP contribution in [0.4, 0.5) is 16.0 Å². The number of benzene rings is 2. The SMILES string of the molecule is Cc1cn(-c2ccc(Nc3nc4n(n3)CCCC4c3ccc(F)cc3)cc2C#N)cn1. The first-order valence-corrected chi connectivity index (χ1v) is 10.1. The average Bonchev–Trinajstić information content (AvgIpc) is 3.39. The maximum absolute atomic E-state index is 13.3. The summed E-state index contributed by atoms with van der Waals surface area (Å²) in [5.74, 6) is 1.19. The fraction of sp³-hybridized carbons (Fsp3) is 0.217. The number of anilines is 2. The highest BCUT2D eigenvalue weighted by atomic mass is 19.1. The van der Waals surface area contributed by atoms with Crippen LogP contribution >= 0.6 is 0 Å². The van der Waals surface area contributed by atoms with E-state index in [1.54, 1.807) is 12.4 Å². The number of nitriles is 1. The van der Waals surface area contributed by atoms with E-state index in [2.05, 4.69) is 21.5 Å². The molecule has 2 aromatic heterocycles. The van der Waals surface area contributed by atoms with E-state index in [0.717, 1.165) is 47.8 Å². The van der Waals surface area contributed by atoms with E-state index in [1.807, 2.05) is 46.6 Å². The van der Waals surface area contributed by atoms with Crippen molar-refractivity contribution in [2.45, 2.75) is 32.2 Å². The van der Waals surface area contributed by atoms with Gasteiger partial charge >= 0.3 is 0 Å². The molecule has 0 saturated carbocycles. The molecular formula is C23H20FN7. The fourth-order valence-corrected chi connectivity index (χ4v) is 4.03. The zero-order valence-corrected chi connectivity index (χ0v) is 17.0. The molecule has 0 spiro atoms. The summed E-state index contributed by atoms with van der Waals surface area (Å²) in [6.07, 6.45) is 5.50. The van der Waals surface area contributed by atoms with Crippen molar-refractivity contribution < 1.29 is 4.39 Å². The highest BCUT2D eigenvalue weighted by Crippen LogP contribution is 2.33. The summed E-state index contributed by atoms with van der Waals surface area (Å²) in [7, 11) is 0. The van der Waals surface area contributed by atoms with Gasteiger partial charge in [-0.2, -0.15) is 10.2 Å². The molecule has 2 aromatic carbocycles. The van der Waals surface area contributed by atoms with Gasteiger partial charge < -0.3 is 9.88 Å². The second kappa shape index (κ2) is 7.69. The number of nitrogens with one attached hydrogen (secondary N) is 1. The first kappa shape index (κ1) is 19.0. The summed E-state index contributed by atoms with van der Waals surface area (Å²) in [6.45, 7) is 2.70. The fourth-order valence-electron chi connectivity index (χ4n) is 4.03. The number of imidazole rings is 1. The van der Waals surface area contributed by atoms with Crippen LogP contribution in [0.3, 0.4) is 0 Å². The molecule has 0 saturated heterocycles. The number of nitrogens with zero attached hydrogens (tertiary/aromatic N) is 6. The Hall–Kier alpha value is -3.99. The Morgan fingerprint density at radius 1 is 1.19 bits per heavy atom. The lowest BCUT2D eigenvalue weighted by atomic mass is 9.91. The van der Waals surface area contributed by atoms with Crippen LogP contribution in [0.25, 0.3) is 5.69 Å². The summed E-state index contributed by atoms with van der Waals surface area (Å²) in [4.78, 5) is 8.94. The van der Waals surface area contributed by atoms with Gasteiger partial charge in [0.05, 0.1) is 23.3 Å². The zero-order chi connectivity index (χ0) is 21.4. The van der Waals surface area contributed by atoms with Crippen molar-refractivity contribution in [3.05, 3.63) is 83.5 Å². The molecule has 0 bridgehead atoms. The molecule has 4 aromatic rings. The molecule has 1 atom stereocenters. The molecule has 0 radical (unpaired) electrons. The topological polar surface area (TPSA) is 84.4 Å². The lowest BCUT2D eigenvalue weighted by molar-refractivity contribution is 0.446. The molecule has 1 aliphatic heterocycles. The van der Waals surface area contributed by atoms with Crippen molar-refractivity contribution in [3.63, 3.8) is 0 Å². The van der Waals surface area contributed by atoms with Gasteiger partial charge in [0.1, 0.15) is 17.7 Å². The third-order valence-corrected chi connectivity index (χ3v) is 5.51. The Labute approximate surface area is 178 Å². The van der Waals surface area contributed by atoms with Gasteiger partial charge in [0.15, 0.2) is 0 Å². The third-order valence-electron chi connectivity index (χ3n) is 5.51. The predicted molar refractivity (Wildman–Crippen MR) is 114 cm³/mol. The standard InChI is InChI=1S/C23H20FN7/c1-15-13-30(14-26-15)21-9-8-19(11-17(21)12-25)27-23-28-22-20(3-2-10-31(22)29-23)16-4-6-18(24)7-5-16/h4-9,11,13-14,20H,2-3,10H2,1H3,(H,27,29). The summed E-state index contributed by atoms with van der Waals surface area (Å²) in [6, 6.07) is 14.4. The lowest BCUT2D eigenvalue weighted by Crippen LogP contribution is -2.17. The molecule has 7 nitrogen and oxygen atoms in total. The van der Waals surface area contributed by atoms with E-state index in [4.69, 9.17) is 4.98 Å². The first-order valence-electron chi connectivity index (χ1n) is 10.1. The van der Waals surface area contributed by atoms with Crippen molar-refractivity contribution in [1.29, 1.82) is 5.26 Å². The van der Waals surface area contributed by atoms with Crippen LogP contribution in [-0.2, 0) is 6.54 Å². The van der Waals surface area contributed by atoms with Crippen molar-refractivity contribution in [1.82, 2.24) is 24.3 Å². The Kier molecular flexibility index (Phi) is 4.71. The molecule has 0 fully saturated rings. The number of rotatable bonds is 4. The van der Waals surface area contributed by atoms with Crippen LogP contribution in [0.5, 0.6) is 0 Å². The maximum atomic E-state index is 13.3. The molecule has 1 aliphatic rings. The molecule has 5 rings (SSSR count). The van der Waals surface area contributed by atoms with Crippen molar-refractivity contribution in [2.75, 3.05) is 5.32 Å². The van der Waals surface area contributed by atoms with Gasteiger partial charge in [0.25, 0.3) is 0 Å². The zero-order valence-electron chi connectivity index (χ0n) is 17.0. The molecule has 0 amide bonds. The number of aryl methyl sites for hydroxylation is 2. The van der Waals surface area contributed by atoms with Gasteiger partial charge in [-0.15, -0.1) is 5.10 Å². The Bertz CT molecular complexity index is 1280. The minimum atomic E-state index is -0.244. The summed E-state index contributed by atoms with van der Waals surface area (Å²) < 4.78 is 17.1. The van der Waals surface area contributed by atoms with E-state index in [1.165, 1.54) is 12.1 Å². The Balaban J connectivity index is 1.42. The average molecular weight is 413 g/mol. The molecule has 8 heteroatoms. The minimum absolute atomic E-state index is 0.0823. The Morgan fingerprint density at radius 2 is 2.03 bits per heavy atom. The second-order valence-electron chi connectivity index (χ2n) is 7.65. The van der Waals surface area contributed by atoms with Gasteiger partial charge in [-0.25, -0.2) is 14.1 Å². The van der Waals surface area contributed by atoms with Crippen LogP contribution < -0.4 is 5.32 Å². The number of hydrogen-bond acceptors (Lipinski definition) is 5. The monoisotopic (exact) mass is 413 g/mol. The van der Waals surface area contributed by atoms with Crippen LogP contribution in [-0.4, -0.2) is 24.3 Å². The first-order chi connectivity index (χ1) is 15.1. The van der Waals surface area contributed by atoms with Crippen LogP contribution in [0.2, 0.25) is 0 Å². The number of hydrogen-bond donors (Lipinski definition) is 1. The predicted octanol–water partition coefficient (Wildman–Crippen LogP) is 4.45. The molecule has 1 unspecified atom stereocenters. The van der Waals surface area contributed by atoms with E-state index in [0.29, 0.717) is 11.5 Å². The van der Waals surface area contributed by atoms with Crippen molar-refractivity contribution in [3.8, 4) is 11.8 Å². The normalized spacial score (nSPS) is 15.3. The van der Waals surface area contributed by atoms with E-state index >= 15 is 0 Å². The van der Waals surface area contributed by atoms with E-state index < -0.39 is 0 Å². The maximum Gasteiger partial charge on any atom is 0.246 e. The molecule has 1 N–H and O–H groups in total. The van der Waals surface area contributed by atoms with Crippen molar-refractivity contribution >= 4 is 11.6 Å². The molecule has 0 aliphatic carbocycles. The van der Waals surface area contributed by atoms with Gasteiger partial charge in [-0.3, -0.25) is 0 Å². The molecule has 154 valence electrons. The summed E-state index contributed by atoms with van der Waals surface area (Å²) in [5, 5.41) is 17.4. The molecule has 3 heterocycles. The van der Waals surface area contributed by atoms with Gasteiger partial charge in [-0.1, -0.05) is 12.1 Å². The van der Waals surface area contributed by atoms with E-state index in [-0.39, 0.29) is 11.7 Å². The summed E-state index contributed by atoms with van der Waals surface area (Å²) in [5.41, 5.74) is 3.94. The summed E-state index contributed by atoms with van der Waals surface area (Å²) >= 11 is 0. The molecule has 31 heavy (non-hydrogen) atoms.